The molecule has 2 rings (SSSR count). The van der Waals surface area contributed by atoms with Gasteiger partial charge in [0.2, 0.25) is 5.91 Å². The lowest BCUT2D eigenvalue weighted by Gasteiger charge is -2.16. The average Bonchev–Trinajstić information content (AvgIpc) is 2.62. The Kier molecular flexibility index (Phi) is 6.71. The van der Waals surface area contributed by atoms with Gasteiger partial charge >= 0.3 is 0 Å². The number of nitrogens with two attached hydrogens (primary N) is 1. The molecule has 2 aromatic carbocycles. The highest BCUT2D eigenvalue weighted by molar-refractivity contribution is 5.94. The maximum Gasteiger partial charge on any atom is 0.251 e. The normalized spacial score (nSPS) is 13.0. The van der Waals surface area contributed by atoms with Crippen LogP contribution in [0.2, 0.25) is 0 Å². The minimum Gasteiger partial charge on any atom is -0.368 e. The summed E-state index contributed by atoms with van der Waals surface area (Å²) < 4.78 is 0. The van der Waals surface area contributed by atoms with Gasteiger partial charge in [-0.05, 0) is 36.6 Å². The Morgan fingerprint density at radius 2 is 1.80 bits per heavy atom. The molecule has 5 nitrogen and oxygen atoms in total. The fraction of sp³-hybridized carbons (Fsp3) is 0.300. The maximum absolute atomic E-state index is 12.2. The number of hydrogen-bond acceptors (Lipinski definition) is 3. The highest BCUT2D eigenvalue weighted by Crippen LogP contribution is 2.14. The first-order valence-electron chi connectivity index (χ1n) is 8.48. The van der Waals surface area contributed by atoms with Gasteiger partial charge in [0.15, 0.2) is 0 Å². The van der Waals surface area contributed by atoms with E-state index in [1.165, 1.54) is 0 Å². The van der Waals surface area contributed by atoms with E-state index in [0.29, 0.717) is 12.1 Å². The second-order valence-corrected chi connectivity index (χ2v) is 6.11. The van der Waals surface area contributed by atoms with Gasteiger partial charge in [-0.3, -0.25) is 14.9 Å². The van der Waals surface area contributed by atoms with Gasteiger partial charge < -0.3 is 11.1 Å². The molecule has 25 heavy (non-hydrogen) atoms. The smallest absolute Gasteiger partial charge is 0.251 e. The number of carbonyl (C=O) groups is 2. The number of nitrogens with one attached hydrogen (secondary N) is 2. The summed E-state index contributed by atoms with van der Waals surface area (Å²) in [5, 5.41) is 6.11. The molecule has 0 fully saturated rings. The molecule has 0 saturated heterocycles. The highest BCUT2D eigenvalue weighted by Gasteiger charge is 2.17. The summed E-state index contributed by atoms with van der Waals surface area (Å²) in [5.41, 5.74) is 7.86. The van der Waals surface area contributed by atoms with Crippen molar-refractivity contribution in [3.63, 3.8) is 0 Å². The monoisotopic (exact) mass is 339 g/mol. The van der Waals surface area contributed by atoms with E-state index in [4.69, 9.17) is 5.73 Å². The van der Waals surface area contributed by atoms with E-state index in [-0.39, 0.29) is 11.9 Å². The molecule has 0 bridgehead atoms. The van der Waals surface area contributed by atoms with Gasteiger partial charge in [0.25, 0.3) is 5.91 Å². The van der Waals surface area contributed by atoms with Gasteiger partial charge in [-0.15, -0.1) is 0 Å². The molecule has 0 aliphatic heterocycles. The first-order valence-corrected chi connectivity index (χ1v) is 8.48. The second-order valence-electron chi connectivity index (χ2n) is 6.11. The van der Waals surface area contributed by atoms with Crippen molar-refractivity contribution in [2.75, 3.05) is 0 Å². The summed E-state index contributed by atoms with van der Waals surface area (Å²) in [6.45, 7) is 4.44. The zero-order chi connectivity index (χ0) is 18.2. The first kappa shape index (κ1) is 18.7. The molecule has 5 heteroatoms. The van der Waals surface area contributed by atoms with Gasteiger partial charge in [0.05, 0.1) is 0 Å². The quantitative estimate of drug-likeness (QED) is 0.691. The molecule has 4 N–H and O–H groups in total. The fourth-order valence-corrected chi connectivity index (χ4v) is 2.48. The number of benzene rings is 2. The molecule has 2 unspecified atom stereocenters. The molecule has 0 radical (unpaired) electrons. The zero-order valence-electron chi connectivity index (χ0n) is 14.7. The van der Waals surface area contributed by atoms with Gasteiger partial charge in [-0.1, -0.05) is 49.4 Å². The van der Waals surface area contributed by atoms with E-state index in [1.54, 1.807) is 6.07 Å². The van der Waals surface area contributed by atoms with Crippen LogP contribution >= 0.6 is 0 Å². The van der Waals surface area contributed by atoms with E-state index in [0.717, 1.165) is 17.5 Å². The summed E-state index contributed by atoms with van der Waals surface area (Å²) in [6.07, 6.45) is 0.879. The number of primary amides is 1. The minimum atomic E-state index is -0.571. The summed E-state index contributed by atoms with van der Waals surface area (Å²) in [4.78, 5) is 24.0. The summed E-state index contributed by atoms with van der Waals surface area (Å²) in [7, 11) is 0. The molecule has 2 aromatic rings. The molecule has 2 amide bonds. The number of carbonyl (C=O) groups excluding carboxylic acids is 2. The Balaban J connectivity index is 2.06. The average molecular weight is 339 g/mol. The Morgan fingerprint density at radius 3 is 2.44 bits per heavy atom. The van der Waals surface area contributed by atoms with E-state index in [1.807, 2.05) is 62.4 Å². The maximum atomic E-state index is 12.2. The van der Waals surface area contributed by atoms with Crippen LogP contribution < -0.4 is 16.4 Å². The van der Waals surface area contributed by atoms with Crippen LogP contribution in [0.25, 0.3) is 0 Å². The number of hydrogen-bond donors (Lipinski definition) is 3. The Morgan fingerprint density at radius 1 is 1.08 bits per heavy atom. The molecule has 0 heterocycles. The van der Waals surface area contributed by atoms with Crippen molar-refractivity contribution >= 4 is 11.8 Å². The lowest BCUT2D eigenvalue weighted by atomic mass is 10.1. The number of amides is 2. The predicted molar refractivity (Wildman–Crippen MR) is 98.9 cm³/mol. The SMILES string of the molecule is CCC(C)NC(=O)c1cccc(CNC(C(N)=O)c2ccccc2)c1. The number of rotatable bonds is 8. The standard InChI is InChI=1S/C20H25N3O2/c1-3-14(2)23-20(25)17-11-7-8-15(12-17)13-22-18(19(21)24)16-9-5-4-6-10-16/h4-12,14,18,22H,3,13H2,1-2H3,(H2,21,24)(H,23,25). The van der Waals surface area contributed by atoms with Gasteiger partial charge in [-0.25, -0.2) is 0 Å². The molecule has 0 saturated carbocycles. The molecular weight excluding hydrogens is 314 g/mol. The van der Waals surface area contributed by atoms with E-state index in [9.17, 15) is 9.59 Å². The van der Waals surface area contributed by atoms with Crippen molar-refractivity contribution in [1.82, 2.24) is 10.6 Å². The lowest BCUT2D eigenvalue weighted by molar-refractivity contribution is -0.120. The molecule has 0 aromatic heterocycles. The summed E-state index contributed by atoms with van der Waals surface area (Å²) in [5.74, 6) is -0.525. The van der Waals surface area contributed by atoms with Gasteiger partial charge in [0.1, 0.15) is 6.04 Å². The largest absolute Gasteiger partial charge is 0.368 e. The lowest BCUT2D eigenvalue weighted by Crippen LogP contribution is -2.33. The summed E-state index contributed by atoms with van der Waals surface area (Å²) >= 11 is 0. The van der Waals surface area contributed by atoms with Crippen molar-refractivity contribution < 1.29 is 9.59 Å². The molecular formula is C20H25N3O2. The van der Waals surface area contributed by atoms with Gasteiger partial charge in [0, 0.05) is 18.2 Å². The molecule has 132 valence electrons. The van der Waals surface area contributed by atoms with Crippen molar-refractivity contribution in [3.05, 3.63) is 71.3 Å². The molecule has 0 aliphatic carbocycles. The van der Waals surface area contributed by atoms with Crippen molar-refractivity contribution in [3.8, 4) is 0 Å². The third kappa shape index (κ3) is 5.43. The Bertz CT molecular complexity index is 716. The first-order chi connectivity index (χ1) is 12.0. The van der Waals surface area contributed by atoms with Crippen LogP contribution in [0.5, 0.6) is 0 Å². The molecule has 2 atom stereocenters. The van der Waals surface area contributed by atoms with E-state index >= 15 is 0 Å². The molecule has 0 aliphatic rings. The third-order valence-electron chi connectivity index (χ3n) is 4.11. The van der Waals surface area contributed by atoms with E-state index < -0.39 is 11.9 Å². The zero-order valence-corrected chi connectivity index (χ0v) is 14.7. The summed E-state index contributed by atoms with van der Waals surface area (Å²) in [6, 6.07) is 16.3. The van der Waals surface area contributed by atoms with Crippen LogP contribution in [0.3, 0.4) is 0 Å². The van der Waals surface area contributed by atoms with Crippen molar-refractivity contribution in [2.45, 2.75) is 38.9 Å². The fourth-order valence-electron chi connectivity index (χ4n) is 2.48. The second kappa shape index (κ2) is 8.99. The van der Waals surface area contributed by atoms with Crippen LogP contribution in [-0.2, 0) is 11.3 Å². The Labute approximate surface area is 148 Å². The van der Waals surface area contributed by atoms with Crippen LogP contribution in [0.1, 0.15) is 47.8 Å². The van der Waals surface area contributed by atoms with Crippen LogP contribution in [0, 0.1) is 0 Å². The predicted octanol–water partition coefficient (Wildman–Crippen LogP) is 2.53. The topological polar surface area (TPSA) is 84.2 Å². The van der Waals surface area contributed by atoms with E-state index in [2.05, 4.69) is 10.6 Å². The molecule has 0 spiro atoms. The van der Waals surface area contributed by atoms with Crippen LogP contribution in [0.4, 0.5) is 0 Å². The van der Waals surface area contributed by atoms with Gasteiger partial charge in [-0.2, -0.15) is 0 Å². The van der Waals surface area contributed by atoms with Crippen LogP contribution in [-0.4, -0.2) is 17.9 Å². The Hall–Kier alpha value is -2.66. The highest BCUT2D eigenvalue weighted by atomic mass is 16.2. The van der Waals surface area contributed by atoms with Crippen LogP contribution in [0.15, 0.2) is 54.6 Å². The van der Waals surface area contributed by atoms with Crippen molar-refractivity contribution in [2.24, 2.45) is 5.73 Å². The van der Waals surface area contributed by atoms with Crippen molar-refractivity contribution in [1.29, 1.82) is 0 Å². The third-order valence-corrected chi connectivity index (χ3v) is 4.11. The minimum absolute atomic E-state index is 0.0919.